The fourth-order valence-electron chi connectivity index (χ4n) is 4.18. The van der Waals surface area contributed by atoms with Crippen molar-refractivity contribution >= 4 is 35.1 Å². The Bertz CT molecular complexity index is 1140. The fraction of sp³-hybridized carbons (Fsp3) is 0.429. The molecule has 2 aromatic carbocycles. The van der Waals surface area contributed by atoms with Crippen molar-refractivity contribution in [3.05, 3.63) is 59.7 Å². The summed E-state index contributed by atoms with van der Waals surface area (Å²) >= 11 is 0. The number of para-hydroxylation sites is 1. The normalized spacial score (nSPS) is 13.9. The number of benzene rings is 2. The lowest BCUT2D eigenvalue weighted by Crippen LogP contribution is -2.45. The molecule has 1 saturated heterocycles. The highest BCUT2D eigenvalue weighted by Crippen LogP contribution is 2.27. The molecule has 1 aliphatic heterocycles. The van der Waals surface area contributed by atoms with E-state index in [0.29, 0.717) is 29.8 Å². The smallest absolute Gasteiger partial charge is 0.326 e. The minimum Gasteiger partial charge on any atom is -0.459 e. The lowest BCUT2D eigenvalue weighted by atomic mass is 9.88. The van der Waals surface area contributed by atoms with Gasteiger partial charge in [-0.15, -0.1) is 0 Å². The molecule has 1 fully saturated rings. The molecule has 37 heavy (non-hydrogen) atoms. The Labute approximate surface area is 217 Å². The first-order valence-electron chi connectivity index (χ1n) is 12.5. The number of piperidine rings is 1. The summed E-state index contributed by atoms with van der Waals surface area (Å²) in [6.07, 6.45) is 1.40. The van der Waals surface area contributed by atoms with E-state index in [1.54, 1.807) is 57.2 Å². The molecule has 2 aromatic rings. The largest absolute Gasteiger partial charge is 0.459 e. The number of nitrogens with zero attached hydrogens (tertiary/aromatic N) is 1. The van der Waals surface area contributed by atoms with Crippen LogP contribution in [0.2, 0.25) is 0 Å². The number of ether oxygens (including phenoxy) is 1. The lowest BCUT2D eigenvalue weighted by Gasteiger charge is -2.28. The SMILES string of the molecule is Cc1cccc(NC(=O)NCC(=O)N(CC(=O)OC(C)(C)C)c2ccccc2C(=O)C2CCNCC2)c1. The van der Waals surface area contributed by atoms with Gasteiger partial charge in [-0.05, 0) is 83.5 Å². The van der Waals surface area contributed by atoms with Crippen LogP contribution in [0, 0.1) is 12.8 Å². The molecule has 0 aromatic heterocycles. The molecule has 1 aliphatic rings. The van der Waals surface area contributed by atoms with Crippen LogP contribution >= 0.6 is 0 Å². The summed E-state index contributed by atoms with van der Waals surface area (Å²) in [5, 5.41) is 8.48. The number of esters is 1. The van der Waals surface area contributed by atoms with Crippen molar-refractivity contribution in [2.45, 2.75) is 46.1 Å². The summed E-state index contributed by atoms with van der Waals surface area (Å²) in [5.41, 5.74) is 1.52. The maximum absolute atomic E-state index is 13.4. The first kappa shape index (κ1) is 27.9. The summed E-state index contributed by atoms with van der Waals surface area (Å²) in [5.74, 6) is -1.40. The van der Waals surface area contributed by atoms with Crippen molar-refractivity contribution in [2.24, 2.45) is 5.92 Å². The van der Waals surface area contributed by atoms with Crippen LogP contribution in [-0.2, 0) is 14.3 Å². The number of nitrogens with one attached hydrogen (secondary N) is 3. The van der Waals surface area contributed by atoms with Crippen molar-refractivity contribution < 1.29 is 23.9 Å². The van der Waals surface area contributed by atoms with Crippen LogP contribution in [0.15, 0.2) is 48.5 Å². The van der Waals surface area contributed by atoms with Gasteiger partial charge in [0.2, 0.25) is 5.91 Å². The molecular weight excluding hydrogens is 472 g/mol. The fourth-order valence-corrected chi connectivity index (χ4v) is 4.18. The number of amides is 3. The predicted octanol–water partition coefficient (Wildman–Crippen LogP) is 3.67. The zero-order valence-electron chi connectivity index (χ0n) is 21.9. The van der Waals surface area contributed by atoms with Crippen molar-refractivity contribution in [1.82, 2.24) is 10.6 Å². The first-order chi connectivity index (χ1) is 17.5. The average molecular weight is 509 g/mol. The van der Waals surface area contributed by atoms with E-state index in [0.717, 1.165) is 18.7 Å². The first-order valence-corrected chi connectivity index (χ1v) is 12.5. The van der Waals surface area contributed by atoms with E-state index in [1.807, 2.05) is 19.1 Å². The van der Waals surface area contributed by atoms with Gasteiger partial charge in [0.15, 0.2) is 5.78 Å². The molecule has 198 valence electrons. The average Bonchev–Trinajstić information content (AvgIpc) is 2.85. The van der Waals surface area contributed by atoms with Crippen LogP contribution in [0.1, 0.15) is 49.5 Å². The van der Waals surface area contributed by atoms with Gasteiger partial charge >= 0.3 is 12.0 Å². The van der Waals surface area contributed by atoms with Crippen LogP contribution in [0.25, 0.3) is 0 Å². The molecule has 3 rings (SSSR count). The van der Waals surface area contributed by atoms with Crippen molar-refractivity contribution in [2.75, 3.05) is 36.4 Å². The van der Waals surface area contributed by atoms with Gasteiger partial charge in [-0.1, -0.05) is 24.3 Å². The highest BCUT2D eigenvalue weighted by atomic mass is 16.6. The molecule has 3 amide bonds. The number of ketones is 1. The van der Waals surface area contributed by atoms with E-state index in [9.17, 15) is 19.2 Å². The molecule has 9 heteroatoms. The zero-order chi connectivity index (χ0) is 27.0. The maximum atomic E-state index is 13.4. The number of anilines is 2. The van der Waals surface area contributed by atoms with Gasteiger partial charge in [0.25, 0.3) is 0 Å². The molecule has 0 saturated carbocycles. The van der Waals surface area contributed by atoms with Crippen LogP contribution in [-0.4, -0.2) is 55.5 Å². The number of rotatable bonds is 8. The zero-order valence-corrected chi connectivity index (χ0v) is 21.9. The van der Waals surface area contributed by atoms with Gasteiger partial charge in [-0.25, -0.2) is 4.79 Å². The number of carbonyl (C=O) groups excluding carboxylic acids is 4. The molecular formula is C28H36N4O5. The van der Waals surface area contributed by atoms with Crippen LogP contribution in [0.3, 0.4) is 0 Å². The minimum absolute atomic E-state index is 0.0655. The van der Waals surface area contributed by atoms with E-state index in [4.69, 9.17) is 4.74 Å². The number of hydrogen-bond acceptors (Lipinski definition) is 6. The van der Waals surface area contributed by atoms with E-state index < -0.39 is 30.1 Å². The molecule has 0 spiro atoms. The molecule has 1 heterocycles. The Morgan fingerprint density at radius 2 is 1.73 bits per heavy atom. The number of urea groups is 1. The summed E-state index contributed by atoms with van der Waals surface area (Å²) < 4.78 is 5.45. The number of carbonyl (C=O) groups is 4. The topological polar surface area (TPSA) is 117 Å². The van der Waals surface area contributed by atoms with E-state index in [-0.39, 0.29) is 18.2 Å². The van der Waals surface area contributed by atoms with Crippen molar-refractivity contribution in [1.29, 1.82) is 0 Å². The summed E-state index contributed by atoms with van der Waals surface area (Å²) in [7, 11) is 0. The van der Waals surface area contributed by atoms with Gasteiger partial charge in [0.1, 0.15) is 12.1 Å². The van der Waals surface area contributed by atoms with Crippen LogP contribution in [0.4, 0.5) is 16.2 Å². The highest BCUT2D eigenvalue weighted by molar-refractivity contribution is 6.09. The van der Waals surface area contributed by atoms with Crippen molar-refractivity contribution in [3.8, 4) is 0 Å². The predicted molar refractivity (Wildman–Crippen MR) is 143 cm³/mol. The molecule has 0 unspecified atom stereocenters. The number of aryl methyl sites for hydroxylation is 1. The Kier molecular flexibility index (Phi) is 9.41. The Hall–Kier alpha value is -3.72. The van der Waals surface area contributed by atoms with Gasteiger partial charge < -0.3 is 20.7 Å². The van der Waals surface area contributed by atoms with Gasteiger partial charge in [0.05, 0.1) is 12.2 Å². The molecule has 0 atom stereocenters. The van der Waals surface area contributed by atoms with Crippen molar-refractivity contribution in [3.63, 3.8) is 0 Å². The Morgan fingerprint density at radius 1 is 1.03 bits per heavy atom. The second kappa shape index (κ2) is 12.5. The highest BCUT2D eigenvalue weighted by Gasteiger charge is 2.29. The molecule has 0 radical (unpaired) electrons. The monoisotopic (exact) mass is 508 g/mol. The number of Topliss-reactive ketones (excluding diaryl/α,β-unsaturated/α-hetero) is 1. The minimum atomic E-state index is -0.748. The third-order valence-electron chi connectivity index (χ3n) is 5.85. The van der Waals surface area contributed by atoms with Crippen LogP contribution < -0.4 is 20.9 Å². The quantitative estimate of drug-likeness (QED) is 0.370. The second-order valence-electron chi connectivity index (χ2n) is 10.1. The third-order valence-corrected chi connectivity index (χ3v) is 5.85. The van der Waals surface area contributed by atoms with E-state index in [1.165, 1.54) is 4.90 Å². The molecule has 3 N–H and O–H groups in total. The number of hydrogen-bond donors (Lipinski definition) is 3. The van der Waals surface area contributed by atoms with Crippen LogP contribution in [0.5, 0.6) is 0 Å². The molecule has 0 aliphatic carbocycles. The Balaban J connectivity index is 1.80. The summed E-state index contributed by atoms with van der Waals surface area (Å²) in [6.45, 7) is 7.85. The summed E-state index contributed by atoms with van der Waals surface area (Å²) in [6, 6.07) is 13.5. The lowest BCUT2D eigenvalue weighted by molar-refractivity contribution is -0.153. The van der Waals surface area contributed by atoms with Gasteiger partial charge in [-0.2, -0.15) is 0 Å². The van der Waals surface area contributed by atoms with E-state index in [2.05, 4.69) is 16.0 Å². The molecule has 9 nitrogen and oxygen atoms in total. The standard InChI is InChI=1S/C28H36N4O5/c1-19-8-7-9-21(16-19)31-27(36)30-17-24(33)32(18-25(34)37-28(2,3)4)23-11-6-5-10-22(23)26(35)20-12-14-29-15-13-20/h5-11,16,20,29H,12-15,17-18H2,1-4H3,(H2,30,31,36). The second-order valence-corrected chi connectivity index (χ2v) is 10.1. The van der Waals surface area contributed by atoms with E-state index >= 15 is 0 Å². The summed E-state index contributed by atoms with van der Waals surface area (Å²) in [4.78, 5) is 53.1. The van der Waals surface area contributed by atoms with Gasteiger partial charge in [-0.3, -0.25) is 19.3 Å². The Morgan fingerprint density at radius 3 is 2.41 bits per heavy atom. The third kappa shape index (κ3) is 8.42. The van der Waals surface area contributed by atoms with Gasteiger partial charge in [0, 0.05) is 17.2 Å². The molecule has 0 bridgehead atoms. The maximum Gasteiger partial charge on any atom is 0.326 e.